The van der Waals surface area contributed by atoms with Crippen molar-refractivity contribution in [3.05, 3.63) is 33.9 Å². The lowest BCUT2D eigenvalue weighted by Gasteiger charge is -2.08. The van der Waals surface area contributed by atoms with Gasteiger partial charge in [0.1, 0.15) is 6.61 Å². The number of aryl methyl sites for hydroxylation is 1. The average molecular weight is 220 g/mol. The molecule has 0 aliphatic heterocycles. The molecular weight excluding hydrogens is 208 g/mol. The lowest BCUT2D eigenvalue weighted by molar-refractivity contribution is -0.386. The molecule has 5 heteroatoms. The lowest BCUT2D eigenvalue weighted by Crippen LogP contribution is -2.08. The fourth-order valence-electron chi connectivity index (χ4n) is 1.23. The standard InChI is InChI=1S/C11H12N2O3/c1-8(6-12)7-16-10-5-3-4-9(2)11(10)13(14)15/h3-5,8H,7H2,1-2H3. The molecule has 0 aliphatic rings. The Balaban J connectivity index is 2.92. The van der Waals surface area contributed by atoms with E-state index in [1.165, 1.54) is 6.07 Å². The van der Waals surface area contributed by atoms with Crippen LogP contribution in [0.3, 0.4) is 0 Å². The molecule has 0 aliphatic carbocycles. The second-order valence-corrected chi connectivity index (χ2v) is 3.52. The minimum absolute atomic E-state index is 0.0346. The zero-order chi connectivity index (χ0) is 12.1. The Labute approximate surface area is 93.4 Å². The summed E-state index contributed by atoms with van der Waals surface area (Å²) in [6.45, 7) is 3.50. The van der Waals surface area contributed by atoms with Crippen molar-refractivity contribution < 1.29 is 9.66 Å². The molecule has 0 fully saturated rings. The monoisotopic (exact) mass is 220 g/mol. The third kappa shape index (κ3) is 2.70. The van der Waals surface area contributed by atoms with Gasteiger partial charge in [0.05, 0.1) is 16.9 Å². The predicted molar refractivity (Wildman–Crippen MR) is 58.1 cm³/mol. The number of rotatable bonds is 4. The van der Waals surface area contributed by atoms with Gasteiger partial charge >= 0.3 is 5.69 Å². The topological polar surface area (TPSA) is 76.2 Å². The molecule has 0 bridgehead atoms. The van der Waals surface area contributed by atoms with E-state index in [1.54, 1.807) is 26.0 Å². The molecule has 1 unspecified atom stereocenters. The Morgan fingerprint density at radius 3 is 2.88 bits per heavy atom. The molecule has 1 atom stereocenters. The van der Waals surface area contributed by atoms with Crippen molar-refractivity contribution in [3.8, 4) is 11.8 Å². The minimum atomic E-state index is -0.471. The highest BCUT2D eigenvalue weighted by Gasteiger charge is 2.18. The van der Waals surface area contributed by atoms with Crippen LogP contribution in [0.1, 0.15) is 12.5 Å². The summed E-state index contributed by atoms with van der Waals surface area (Å²) in [5.74, 6) is -0.0767. The second kappa shape index (κ2) is 5.12. The third-order valence-electron chi connectivity index (χ3n) is 2.09. The van der Waals surface area contributed by atoms with Crippen LogP contribution in [0.5, 0.6) is 5.75 Å². The Morgan fingerprint density at radius 1 is 1.62 bits per heavy atom. The van der Waals surface area contributed by atoms with E-state index < -0.39 is 4.92 Å². The SMILES string of the molecule is Cc1cccc(OCC(C)C#N)c1[N+](=O)[O-]. The largest absolute Gasteiger partial charge is 0.485 e. The van der Waals surface area contributed by atoms with Gasteiger partial charge in [-0.3, -0.25) is 10.1 Å². The van der Waals surface area contributed by atoms with Gasteiger partial charge in [0, 0.05) is 5.56 Å². The Morgan fingerprint density at radius 2 is 2.31 bits per heavy atom. The lowest BCUT2D eigenvalue weighted by atomic mass is 10.2. The van der Waals surface area contributed by atoms with Crippen LogP contribution in [-0.2, 0) is 0 Å². The number of nitriles is 1. The number of hydrogen-bond acceptors (Lipinski definition) is 4. The first-order valence-electron chi connectivity index (χ1n) is 4.82. The smallest absolute Gasteiger partial charge is 0.313 e. The Hall–Kier alpha value is -2.09. The molecule has 16 heavy (non-hydrogen) atoms. The summed E-state index contributed by atoms with van der Waals surface area (Å²) < 4.78 is 5.27. The van der Waals surface area contributed by atoms with Gasteiger partial charge in [0.15, 0.2) is 5.75 Å². The van der Waals surface area contributed by atoms with Gasteiger partial charge < -0.3 is 4.74 Å². The third-order valence-corrected chi connectivity index (χ3v) is 2.09. The first-order valence-corrected chi connectivity index (χ1v) is 4.82. The molecule has 0 N–H and O–H groups in total. The van der Waals surface area contributed by atoms with Gasteiger partial charge in [-0.05, 0) is 19.9 Å². The van der Waals surface area contributed by atoms with Crippen LogP contribution in [0.15, 0.2) is 18.2 Å². The van der Waals surface area contributed by atoms with E-state index >= 15 is 0 Å². The first kappa shape index (κ1) is 12.0. The van der Waals surface area contributed by atoms with Crippen molar-refractivity contribution in [2.75, 3.05) is 6.61 Å². The van der Waals surface area contributed by atoms with Crippen molar-refractivity contribution in [3.63, 3.8) is 0 Å². The molecule has 0 saturated heterocycles. The maximum absolute atomic E-state index is 10.8. The number of nitro groups is 1. The van der Waals surface area contributed by atoms with E-state index in [1.807, 2.05) is 6.07 Å². The number of nitrogens with zero attached hydrogens (tertiary/aromatic N) is 2. The molecular formula is C11H12N2O3. The summed E-state index contributed by atoms with van der Waals surface area (Å²) in [6, 6.07) is 6.88. The van der Waals surface area contributed by atoms with E-state index in [0.29, 0.717) is 5.56 Å². The van der Waals surface area contributed by atoms with E-state index in [2.05, 4.69) is 0 Å². The summed E-state index contributed by atoms with van der Waals surface area (Å²) in [7, 11) is 0. The minimum Gasteiger partial charge on any atom is -0.485 e. The van der Waals surface area contributed by atoms with Crippen LogP contribution in [0.25, 0.3) is 0 Å². The molecule has 0 amide bonds. The van der Waals surface area contributed by atoms with Crippen LogP contribution in [-0.4, -0.2) is 11.5 Å². The summed E-state index contributed by atoms with van der Waals surface area (Å²) >= 11 is 0. The molecule has 1 aromatic carbocycles. The zero-order valence-corrected chi connectivity index (χ0v) is 9.14. The highest BCUT2D eigenvalue weighted by molar-refractivity contribution is 5.52. The first-order chi connectivity index (χ1) is 7.56. The van der Waals surface area contributed by atoms with Gasteiger partial charge in [-0.1, -0.05) is 12.1 Å². The number of hydrogen-bond donors (Lipinski definition) is 0. The normalized spacial score (nSPS) is 11.6. The average Bonchev–Trinajstić information content (AvgIpc) is 2.25. The number of nitro benzene ring substituents is 1. The Bertz CT molecular complexity index is 437. The van der Waals surface area contributed by atoms with Crippen molar-refractivity contribution in [1.29, 1.82) is 5.26 Å². The second-order valence-electron chi connectivity index (χ2n) is 3.52. The van der Waals surface area contributed by atoms with E-state index in [9.17, 15) is 10.1 Å². The van der Waals surface area contributed by atoms with Crippen molar-refractivity contribution in [2.24, 2.45) is 5.92 Å². The van der Waals surface area contributed by atoms with E-state index in [0.717, 1.165) is 0 Å². The number of ether oxygens (including phenoxy) is 1. The molecule has 0 aromatic heterocycles. The summed E-state index contributed by atoms with van der Waals surface area (Å²) in [4.78, 5) is 10.3. The van der Waals surface area contributed by atoms with E-state index in [-0.39, 0.29) is 24.0 Å². The number of benzene rings is 1. The maximum Gasteiger partial charge on any atom is 0.313 e. The maximum atomic E-state index is 10.8. The fraction of sp³-hybridized carbons (Fsp3) is 0.364. The van der Waals surface area contributed by atoms with Crippen LogP contribution in [0, 0.1) is 34.3 Å². The highest BCUT2D eigenvalue weighted by Crippen LogP contribution is 2.30. The Kier molecular flexibility index (Phi) is 3.84. The summed E-state index contributed by atoms with van der Waals surface area (Å²) in [6.07, 6.45) is 0. The molecule has 1 rings (SSSR count). The van der Waals surface area contributed by atoms with Crippen molar-refractivity contribution in [2.45, 2.75) is 13.8 Å². The fourth-order valence-corrected chi connectivity index (χ4v) is 1.23. The van der Waals surface area contributed by atoms with Gasteiger partial charge in [-0.2, -0.15) is 5.26 Å². The predicted octanol–water partition coefficient (Wildman–Crippen LogP) is 2.44. The van der Waals surface area contributed by atoms with Crippen LogP contribution in [0.2, 0.25) is 0 Å². The van der Waals surface area contributed by atoms with E-state index in [4.69, 9.17) is 10.00 Å². The highest BCUT2D eigenvalue weighted by atomic mass is 16.6. The molecule has 0 saturated carbocycles. The molecule has 5 nitrogen and oxygen atoms in total. The van der Waals surface area contributed by atoms with Crippen LogP contribution < -0.4 is 4.74 Å². The van der Waals surface area contributed by atoms with Crippen LogP contribution in [0.4, 0.5) is 5.69 Å². The van der Waals surface area contributed by atoms with Crippen molar-refractivity contribution >= 4 is 5.69 Å². The van der Waals surface area contributed by atoms with Crippen molar-refractivity contribution in [1.82, 2.24) is 0 Å². The molecule has 0 heterocycles. The molecule has 84 valence electrons. The van der Waals surface area contributed by atoms with Gasteiger partial charge in [-0.25, -0.2) is 0 Å². The van der Waals surface area contributed by atoms with Gasteiger partial charge in [0.25, 0.3) is 0 Å². The summed E-state index contributed by atoms with van der Waals surface area (Å²) in [5, 5.41) is 19.4. The number of para-hydroxylation sites is 1. The zero-order valence-electron chi connectivity index (χ0n) is 9.14. The quantitative estimate of drug-likeness (QED) is 0.576. The van der Waals surface area contributed by atoms with Gasteiger partial charge in [0.2, 0.25) is 0 Å². The van der Waals surface area contributed by atoms with Gasteiger partial charge in [-0.15, -0.1) is 0 Å². The molecule has 0 spiro atoms. The summed E-state index contributed by atoms with van der Waals surface area (Å²) in [5.41, 5.74) is 0.514. The van der Waals surface area contributed by atoms with Crippen LogP contribution >= 0.6 is 0 Å². The molecule has 1 aromatic rings. The molecule has 0 radical (unpaired) electrons.